The van der Waals surface area contributed by atoms with E-state index in [2.05, 4.69) is 20.6 Å². The zero-order valence-electron chi connectivity index (χ0n) is 14.9. The maximum atomic E-state index is 14.2. The molecule has 0 bridgehead atoms. The van der Waals surface area contributed by atoms with Crippen LogP contribution in [0.2, 0.25) is 0 Å². The summed E-state index contributed by atoms with van der Waals surface area (Å²) in [7, 11) is 0. The lowest BCUT2D eigenvalue weighted by molar-refractivity contribution is 0.0210. The Morgan fingerprint density at radius 1 is 1.04 bits per heavy atom. The van der Waals surface area contributed by atoms with Crippen molar-refractivity contribution in [3.63, 3.8) is 0 Å². The Morgan fingerprint density at radius 3 is 2.44 bits per heavy atom. The monoisotopic (exact) mass is 376 g/mol. The number of halogens is 2. The lowest BCUT2D eigenvalue weighted by atomic mass is 10.1. The molecule has 1 aromatic heterocycles. The van der Waals surface area contributed by atoms with Gasteiger partial charge < -0.3 is 20.8 Å². The fourth-order valence-electron chi connectivity index (χ4n) is 4.10. The highest BCUT2D eigenvalue weighted by molar-refractivity contribution is 5.50. The Balaban J connectivity index is 1.50. The van der Waals surface area contributed by atoms with Crippen LogP contribution in [0.5, 0.6) is 0 Å². The number of fused-ring (bicyclic) bond motifs is 1. The molecule has 0 amide bonds. The highest BCUT2D eigenvalue weighted by Gasteiger charge is 2.39. The molecule has 2 aliphatic rings. The second kappa shape index (κ2) is 7.01. The van der Waals surface area contributed by atoms with E-state index in [1.807, 2.05) is 6.92 Å². The summed E-state index contributed by atoms with van der Waals surface area (Å²) in [5.74, 6) is 0.158. The van der Waals surface area contributed by atoms with Gasteiger partial charge in [-0.3, -0.25) is 0 Å². The number of aromatic nitrogens is 2. The highest BCUT2D eigenvalue weighted by Crippen LogP contribution is 2.37. The molecule has 8 heteroatoms. The van der Waals surface area contributed by atoms with Gasteiger partial charge in [-0.2, -0.15) is 0 Å². The van der Waals surface area contributed by atoms with Crippen molar-refractivity contribution in [1.82, 2.24) is 9.97 Å². The smallest absolute Gasteiger partial charge is 0.131 e. The summed E-state index contributed by atoms with van der Waals surface area (Å²) in [6.45, 7) is 1.88. The Labute approximate surface area is 155 Å². The summed E-state index contributed by atoms with van der Waals surface area (Å²) < 4.78 is 28.1. The van der Waals surface area contributed by atoms with Crippen LogP contribution in [-0.2, 0) is 6.42 Å². The molecule has 0 saturated heterocycles. The minimum absolute atomic E-state index is 0.00945. The number of hydrogen-bond donors (Lipinski definition) is 4. The van der Waals surface area contributed by atoms with Crippen molar-refractivity contribution in [3.8, 4) is 0 Å². The first-order valence-corrected chi connectivity index (χ1v) is 9.12. The average molecular weight is 376 g/mol. The third kappa shape index (κ3) is 3.35. The fraction of sp³-hybridized carbons (Fsp3) is 0.474. The molecule has 1 aromatic carbocycles. The number of aliphatic hydroxyl groups is 2. The van der Waals surface area contributed by atoms with Gasteiger partial charge in [-0.15, -0.1) is 0 Å². The van der Waals surface area contributed by atoms with Crippen LogP contribution in [0, 0.1) is 17.6 Å². The van der Waals surface area contributed by atoms with Crippen LogP contribution in [-0.4, -0.2) is 38.4 Å². The van der Waals surface area contributed by atoms with Crippen molar-refractivity contribution in [3.05, 3.63) is 47.3 Å². The standard InChI is InChI=1S/C19H22F2N4O2/c1-9-6-14(19(27)18(9)26)25-16-7-15(22-8-23-16)24-13-5-2-10-11(20)3-4-12(21)17(10)13/h3-4,7-9,13-14,18-19,26-27H,2,5-6H2,1H3,(H2,22,23,24,25)/t9-,13+,14-,18-,19+/m1/s1. The molecule has 2 aliphatic carbocycles. The minimum Gasteiger partial charge on any atom is -0.390 e. The molecule has 6 nitrogen and oxygen atoms in total. The second-order valence-electron chi connectivity index (χ2n) is 7.39. The topological polar surface area (TPSA) is 90.3 Å². The zero-order valence-corrected chi connectivity index (χ0v) is 14.9. The Bertz CT molecular complexity index is 850. The lowest BCUT2D eigenvalue weighted by Crippen LogP contribution is -2.35. The van der Waals surface area contributed by atoms with Gasteiger partial charge in [0, 0.05) is 11.6 Å². The first-order chi connectivity index (χ1) is 12.9. The van der Waals surface area contributed by atoms with E-state index in [-0.39, 0.29) is 23.8 Å². The summed E-state index contributed by atoms with van der Waals surface area (Å²) in [6.07, 6.45) is 1.39. The maximum absolute atomic E-state index is 14.2. The van der Waals surface area contributed by atoms with Crippen molar-refractivity contribution in [1.29, 1.82) is 0 Å². The Kier molecular flexibility index (Phi) is 4.69. The third-order valence-corrected chi connectivity index (χ3v) is 5.57. The third-order valence-electron chi connectivity index (χ3n) is 5.57. The van der Waals surface area contributed by atoms with E-state index in [9.17, 15) is 19.0 Å². The van der Waals surface area contributed by atoms with Crippen LogP contribution >= 0.6 is 0 Å². The molecule has 5 atom stereocenters. The van der Waals surface area contributed by atoms with Crippen molar-refractivity contribution in [2.45, 2.75) is 50.5 Å². The van der Waals surface area contributed by atoms with Gasteiger partial charge in [0.15, 0.2) is 0 Å². The van der Waals surface area contributed by atoms with Crippen molar-refractivity contribution in [2.75, 3.05) is 10.6 Å². The molecular formula is C19H22F2N4O2. The first kappa shape index (κ1) is 18.1. The van der Waals surface area contributed by atoms with Gasteiger partial charge in [-0.1, -0.05) is 6.92 Å². The zero-order chi connectivity index (χ0) is 19.1. The van der Waals surface area contributed by atoms with Crippen molar-refractivity contribution >= 4 is 11.6 Å². The number of anilines is 2. The molecular weight excluding hydrogens is 354 g/mol. The molecule has 144 valence electrons. The largest absolute Gasteiger partial charge is 0.390 e. The Morgan fingerprint density at radius 2 is 1.74 bits per heavy atom. The molecule has 0 unspecified atom stereocenters. The van der Waals surface area contributed by atoms with Gasteiger partial charge in [0.25, 0.3) is 0 Å². The first-order valence-electron chi connectivity index (χ1n) is 9.12. The van der Waals surface area contributed by atoms with Crippen LogP contribution in [0.4, 0.5) is 20.4 Å². The number of nitrogens with zero attached hydrogens (tertiary/aromatic N) is 2. The van der Waals surface area contributed by atoms with Crippen LogP contribution in [0.25, 0.3) is 0 Å². The minimum atomic E-state index is -0.870. The average Bonchev–Trinajstić information content (AvgIpc) is 3.17. The summed E-state index contributed by atoms with van der Waals surface area (Å²) in [4.78, 5) is 8.31. The molecule has 4 N–H and O–H groups in total. The number of rotatable bonds is 4. The van der Waals surface area contributed by atoms with E-state index in [4.69, 9.17) is 0 Å². The molecule has 1 saturated carbocycles. The van der Waals surface area contributed by atoms with Crippen molar-refractivity contribution < 1.29 is 19.0 Å². The number of nitrogens with one attached hydrogen (secondary N) is 2. The van der Waals surface area contributed by atoms with E-state index in [0.717, 1.165) is 12.1 Å². The van der Waals surface area contributed by atoms with Crippen LogP contribution in [0.15, 0.2) is 24.5 Å². The molecule has 4 rings (SSSR count). The normalized spacial score (nSPS) is 29.6. The maximum Gasteiger partial charge on any atom is 0.131 e. The molecule has 0 spiro atoms. The number of hydrogen-bond acceptors (Lipinski definition) is 6. The molecule has 2 aromatic rings. The molecule has 0 aliphatic heterocycles. The predicted molar refractivity (Wildman–Crippen MR) is 96.3 cm³/mol. The van der Waals surface area contributed by atoms with Gasteiger partial charge in [-0.25, -0.2) is 18.7 Å². The Hall–Kier alpha value is -2.32. The van der Waals surface area contributed by atoms with Gasteiger partial charge >= 0.3 is 0 Å². The van der Waals surface area contributed by atoms with Gasteiger partial charge in [0.2, 0.25) is 0 Å². The van der Waals surface area contributed by atoms with Gasteiger partial charge in [0.1, 0.15) is 35.7 Å². The number of aliphatic hydroxyl groups excluding tert-OH is 2. The van der Waals surface area contributed by atoms with Crippen molar-refractivity contribution in [2.24, 2.45) is 5.92 Å². The van der Waals surface area contributed by atoms with E-state index in [0.29, 0.717) is 42.0 Å². The van der Waals surface area contributed by atoms with Crippen LogP contribution < -0.4 is 10.6 Å². The summed E-state index contributed by atoms with van der Waals surface area (Å²) in [6, 6.07) is 3.30. The molecule has 27 heavy (non-hydrogen) atoms. The molecule has 1 fully saturated rings. The quantitative estimate of drug-likeness (QED) is 0.655. The van der Waals surface area contributed by atoms with E-state index in [1.165, 1.54) is 6.33 Å². The summed E-state index contributed by atoms with van der Waals surface area (Å²) in [5, 5.41) is 26.3. The van der Waals surface area contributed by atoms with Crippen LogP contribution in [0.3, 0.4) is 0 Å². The fourth-order valence-corrected chi connectivity index (χ4v) is 4.10. The van der Waals surface area contributed by atoms with Gasteiger partial charge in [0.05, 0.1) is 18.2 Å². The van der Waals surface area contributed by atoms with E-state index in [1.54, 1.807) is 6.07 Å². The highest BCUT2D eigenvalue weighted by atomic mass is 19.1. The van der Waals surface area contributed by atoms with Crippen LogP contribution in [0.1, 0.15) is 36.9 Å². The van der Waals surface area contributed by atoms with E-state index >= 15 is 0 Å². The van der Waals surface area contributed by atoms with E-state index < -0.39 is 18.0 Å². The summed E-state index contributed by atoms with van der Waals surface area (Å²) in [5.41, 5.74) is 0.767. The lowest BCUT2D eigenvalue weighted by Gasteiger charge is -2.19. The SMILES string of the molecule is C[C@@H]1C[C@@H](Nc2cc(N[C@H]3CCc4c(F)ccc(F)c43)ncn2)[C@H](O)[C@@H]1O. The second-order valence-corrected chi connectivity index (χ2v) is 7.39. The molecule has 1 heterocycles. The van der Waals surface area contributed by atoms with Gasteiger partial charge in [-0.05, 0) is 42.9 Å². The molecule has 0 radical (unpaired) electrons. The summed E-state index contributed by atoms with van der Waals surface area (Å²) >= 11 is 0. The predicted octanol–water partition coefficient (Wildman–Crippen LogP) is 2.40. The number of benzene rings is 1.